The van der Waals surface area contributed by atoms with Crippen LogP contribution < -0.4 is 14.2 Å². The first-order valence-corrected chi connectivity index (χ1v) is 15.1. The molecule has 1 saturated carbocycles. The summed E-state index contributed by atoms with van der Waals surface area (Å²) in [7, 11) is 0. The van der Waals surface area contributed by atoms with Gasteiger partial charge in [0, 0.05) is 5.56 Å². The van der Waals surface area contributed by atoms with Crippen LogP contribution in [0.1, 0.15) is 103 Å². The molecule has 2 aliphatic carbocycles. The zero-order valence-corrected chi connectivity index (χ0v) is 27.3. The van der Waals surface area contributed by atoms with E-state index in [1.54, 1.807) is 47.6 Å². The van der Waals surface area contributed by atoms with Crippen molar-refractivity contribution < 1.29 is 28.9 Å². The first kappa shape index (κ1) is 29.7. The van der Waals surface area contributed by atoms with Crippen LogP contribution >= 0.6 is 15.9 Å². The summed E-state index contributed by atoms with van der Waals surface area (Å²) in [6.07, 6.45) is 4.96. The van der Waals surface area contributed by atoms with Gasteiger partial charge >= 0.3 is 11.9 Å². The molecule has 6 nitrogen and oxygen atoms in total. The molecule has 3 atom stereocenters. The number of fused-ring (bicyclic) bond motifs is 5. The fourth-order valence-corrected chi connectivity index (χ4v) is 7.01. The Labute approximate surface area is 251 Å². The maximum absolute atomic E-state index is 13.0. The first-order chi connectivity index (χ1) is 18.7. The second-order valence-corrected chi connectivity index (χ2v) is 15.8. The molecule has 0 saturated heterocycles. The average Bonchev–Trinajstić information content (AvgIpc) is 3.20. The molecule has 220 valence electrons. The second kappa shape index (κ2) is 9.35. The van der Waals surface area contributed by atoms with Gasteiger partial charge in [-0.05, 0) is 136 Å². The molecule has 3 aliphatic rings. The molecule has 0 unspecified atom stereocenters. The Hall–Kier alpha value is -2.80. The molecule has 0 bridgehead atoms. The lowest BCUT2D eigenvalue weighted by Crippen LogP contribution is -2.48. The molecule has 0 aromatic heterocycles. The number of esters is 2. The lowest BCUT2D eigenvalue weighted by molar-refractivity contribution is -0.145. The molecule has 2 aromatic rings. The third-order valence-electron chi connectivity index (χ3n) is 8.83. The Morgan fingerprint density at radius 2 is 1.56 bits per heavy atom. The van der Waals surface area contributed by atoms with Gasteiger partial charge in [-0.15, -0.1) is 0 Å². The Morgan fingerprint density at radius 1 is 0.976 bits per heavy atom. The zero-order chi connectivity index (χ0) is 30.4. The zero-order valence-electron chi connectivity index (χ0n) is 25.7. The summed E-state index contributed by atoms with van der Waals surface area (Å²) >= 11 is 3.61. The number of carbonyl (C=O) groups excluding carboxylic acids is 2. The van der Waals surface area contributed by atoms with Gasteiger partial charge in [-0.2, -0.15) is 0 Å². The van der Waals surface area contributed by atoms with Gasteiger partial charge < -0.3 is 19.3 Å². The van der Waals surface area contributed by atoms with Crippen LogP contribution in [-0.2, 0) is 16.0 Å². The number of phenols is 1. The SMILES string of the molecule is CC1(C)C=Cc2c(c(Br)c(O)c3c2[C@@H]2[C@H](C3)C(C)(C)[C@H]2c2ccc(OC(=O)C(C)(C)C)c(OC(=O)C(C)(C)C)c2)O1. The summed E-state index contributed by atoms with van der Waals surface area (Å²) in [5, 5.41) is 11.3. The van der Waals surface area contributed by atoms with Crippen LogP contribution in [-0.4, -0.2) is 22.6 Å². The molecule has 0 radical (unpaired) electrons. The first-order valence-electron chi connectivity index (χ1n) is 14.3. The van der Waals surface area contributed by atoms with E-state index in [0.29, 0.717) is 16.1 Å². The number of ether oxygens (including phenoxy) is 3. The van der Waals surface area contributed by atoms with Gasteiger partial charge in [0.05, 0.1) is 10.8 Å². The van der Waals surface area contributed by atoms with Crippen molar-refractivity contribution in [3.63, 3.8) is 0 Å². The number of aromatic hydroxyl groups is 1. The van der Waals surface area contributed by atoms with E-state index in [4.69, 9.17) is 14.2 Å². The standard InChI is InChI=1S/C34H41BrO6/c1-31(2,3)29(37)39-21-12-11-17(15-22(21)40-30(38)32(4,5)6)25-24-20(34(25,9)10)16-19-23(24)18-13-14-33(7,8)41-28(18)26(35)27(19)36/h11-15,20,24-25,36H,16H2,1-10H3/t20-,24-,25-/m0/s1. The van der Waals surface area contributed by atoms with E-state index >= 15 is 0 Å². The largest absolute Gasteiger partial charge is 0.506 e. The van der Waals surface area contributed by atoms with Gasteiger partial charge in [0.25, 0.3) is 0 Å². The van der Waals surface area contributed by atoms with Crippen molar-refractivity contribution in [3.05, 3.63) is 51.0 Å². The summed E-state index contributed by atoms with van der Waals surface area (Å²) in [6.45, 7) is 19.2. The molecule has 1 N–H and O–H groups in total. The summed E-state index contributed by atoms with van der Waals surface area (Å²) in [5.74, 6) is 1.09. The molecule has 0 spiro atoms. The van der Waals surface area contributed by atoms with Crippen LogP contribution in [0.15, 0.2) is 28.7 Å². The van der Waals surface area contributed by atoms with Crippen molar-refractivity contribution in [3.8, 4) is 23.0 Å². The molecule has 2 aromatic carbocycles. The smallest absolute Gasteiger partial charge is 0.316 e. The number of halogens is 1. The summed E-state index contributed by atoms with van der Waals surface area (Å²) in [6, 6.07) is 5.57. The van der Waals surface area contributed by atoms with E-state index in [-0.39, 0.29) is 34.5 Å². The monoisotopic (exact) mass is 624 g/mol. The van der Waals surface area contributed by atoms with Crippen LogP contribution in [0.3, 0.4) is 0 Å². The van der Waals surface area contributed by atoms with E-state index in [1.807, 2.05) is 26.0 Å². The van der Waals surface area contributed by atoms with Gasteiger partial charge in [0.15, 0.2) is 11.5 Å². The summed E-state index contributed by atoms with van der Waals surface area (Å²) in [5.41, 5.74) is 2.03. The quantitative estimate of drug-likeness (QED) is 0.273. The maximum atomic E-state index is 13.0. The van der Waals surface area contributed by atoms with E-state index in [0.717, 1.165) is 28.7 Å². The predicted octanol–water partition coefficient (Wildman–Crippen LogP) is 8.32. The molecular weight excluding hydrogens is 584 g/mol. The van der Waals surface area contributed by atoms with Gasteiger partial charge in [-0.3, -0.25) is 9.59 Å². The van der Waals surface area contributed by atoms with Crippen LogP contribution in [0.2, 0.25) is 0 Å². The van der Waals surface area contributed by atoms with Crippen molar-refractivity contribution in [2.75, 3.05) is 0 Å². The molecule has 0 amide bonds. The molecule has 1 aliphatic heterocycles. The van der Waals surface area contributed by atoms with Gasteiger partial charge in [0.1, 0.15) is 21.6 Å². The molecule has 5 rings (SSSR count). The minimum absolute atomic E-state index is 0.0706. The van der Waals surface area contributed by atoms with E-state index < -0.39 is 28.4 Å². The van der Waals surface area contributed by atoms with Crippen molar-refractivity contribution in [2.45, 2.75) is 93.1 Å². The summed E-state index contributed by atoms with van der Waals surface area (Å²) < 4.78 is 18.6. The third kappa shape index (κ3) is 4.88. The maximum Gasteiger partial charge on any atom is 0.316 e. The second-order valence-electron chi connectivity index (χ2n) is 15.0. The normalized spacial score (nSPS) is 23.4. The van der Waals surface area contributed by atoms with Gasteiger partial charge in [-0.1, -0.05) is 26.0 Å². The highest BCUT2D eigenvalue weighted by Gasteiger charge is 2.61. The Bertz CT molecular complexity index is 1480. The predicted molar refractivity (Wildman–Crippen MR) is 163 cm³/mol. The van der Waals surface area contributed by atoms with E-state index in [9.17, 15) is 14.7 Å². The van der Waals surface area contributed by atoms with Crippen molar-refractivity contribution in [2.24, 2.45) is 22.2 Å². The van der Waals surface area contributed by atoms with Crippen LogP contribution in [0.4, 0.5) is 0 Å². The number of carbonyl (C=O) groups is 2. The highest BCUT2D eigenvalue weighted by atomic mass is 79.9. The Kier molecular flexibility index (Phi) is 6.77. The molecular formula is C34H41BrO6. The third-order valence-corrected chi connectivity index (χ3v) is 9.57. The van der Waals surface area contributed by atoms with Gasteiger partial charge in [-0.25, -0.2) is 0 Å². The highest BCUT2D eigenvalue weighted by Crippen LogP contribution is 2.72. The molecule has 41 heavy (non-hydrogen) atoms. The van der Waals surface area contributed by atoms with E-state index in [2.05, 4.69) is 41.9 Å². The number of hydrogen-bond donors (Lipinski definition) is 1. The fraction of sp³-hybridized carbons (Fsp3) is 0.529. The van der Waals surface area contributed by atoms with Crippen molar-refractivity contribution in [1.29, 1.82) is 0 Å². The summed E-state index contributed by atoms with van der Waals surface area (Å²) in [4.78, 5) is 25.8. The Morgan fingerprint density at radius 3 is 2.15 bits per heavy atom. The average molecular weight is 626 g/mol. The van der Waals surface area contributed by atoms with Crippen molar-refractivity contribution >= 4 is 33.9 Å². The molecule has 1 fully saturated rings. The number of rotatable bonds is 3. The topological polar surface area (TPSA) is 82.1 Å². The van der Waals surface area contributed by atoms with E-state index in [1.165, 1.54) is 0 Å². The number of hydrogen-bond acceptors (Lipinski definition) is 6. The van der Waals surface area contributed by atoms with Crippen molar-refractivity contribution in [1.82, 2.24) is 0 Å². The minimum Gasteiger partial charge on any atom is -0.506 e. The lowest BCUT2D eigenvalue weighted by atomic mass is 9.46. The van der Waals surface area contributed by atoms with Crippen LogP contribution in [0.5, 0.6) is 23.0 Å². The lowest BCUT2D eigenvalue weighted by Gasteiger charge is -2.57. The number of phenolic OH excluding ortho intramolecular Hbond substituents is 1. The fourth-order valence-electron chi connectivity index (χ4n) is 6.48. The molecule has 7 heteroatoms. The Balaban J connectivity index is 1.61. The molecule has 1 heterocycles. The van der Waals surface area contributed by atoms with Crippen LogP contribution in [0.25, 0.3) is 6.08 Å². The minimum atomic E-state index is -0.739. The number of benzene rings is 2. The van der Waals surface area contributed by atoms with Gasteiger partial charge in [0.2, 0.25) is 0 Å². The van der Waals surface area contributed by atoms with Crippen LogP contribution in [0, 0.1) is 22.2 Å². The highest BCUT2D eigenvalue weighted by molar-refractivity contribution is 9.10.